The van der Waals surface area contributed by atoms with E-state index in [1.807, 2.05) is 19.1 Å². The Bertz CT molecular complexity index is 370. The number of aryl methyl sites for hydroxylation is 1. The molecular weight excluding hydrogens is 214 g/mol. The summed E-state index contributed by atoms with van der Waals surface area (Å²) in [6.07, 6.45) is 4.98. The normalized spacial score (nSPS) is 24.6. The highest BCUT2D eigenvalue weighted by atomic mass is 16.5. The molecule has 0 aliphatic heterocycles. The molecule has 0 unspecified atom stereocenters. The summed E-state index contributed by atoms with van der Waals surface area (Å²) < 4.78 is 5.96. The van der Waals surface area contributed by atoms with Gasteiger partial charge in [0.25, 0.3) is 0 Å². The van der Waals surface area contributed by atoms with Gasteiger partial charge in [-0.05, 0) is 50.7 Å². The van der Waals surface area contributed by atoms with Crippen LogP contribution >= 0.6 is 0 Å². The topological polar surface area (TPSA) is 42.4 Å². The van der Waals surface area contributed by atoms with Gasteiger partial charge < -0.3 is 9.84 Å². The molecule has 2 rings (SSSR count). The van der Waals surface area contributed by atoms with Crippen molar-refractivity contribution in [3.8, 4) is 5.75 Å². The van der Waals surface area contributed by atoms with Crippen molar-refractivity contribution in [2.75, 3.05) is 0 Å². The van der Waals surface area contributed by atoms with Crippen LogP contribution in [0.3, 0.4) is 0 Å². The molecule has 1 saturated carbocycles. The molecule has 1 fully saturated rings. The Labute approximate surface area is 103 Å². The predicted octanol–water partition coefficient (Wildman–Crippen LogP) is 2.84. The monoisotopic (exact) mass is 235 g/mol. The molecule has 0 amide bonds. The molecule has 1 heterocycles. The molecule has 0 spiro atoms. The summed E-state index contributed by atoms with van der Waals surface area (Å²) in [5.41, 5.74) is 1.57. The van der Waals surface area contributed by atoms with E-state index in [1.165, 1.54) is 12.8 Å². The fraction of sp³-hybridized carbons (Fsp3) is 0.643. The van der Waals surface area contributed by atoms with Crippen molar-refractivity contribution in [3.63, 3.8) is 0 Å². The van der Waals surface area contributed by atoms with E-state index in [2.05, 4.69) is 11.9 Å². The Morgan fingerprint density at radius 3 is 2.65 bits per heavy atom. The summed E-state index contributed by atoms with van der Waals surface area (Å²) in [5, 5.41) is 9.27. The second-order valence-corrected chi connectivity index (χ2v) is 5.06. The first-order valence-corrected chi connectivity index (χ1v) is 6.43. The number of hydrogen-bond acceptors (Lipinski definition) is 3. The zero-order chi connectivity index (χ0) is 12.3. The van der Waals surface area contributed by atoms with Crippen LogP contribution in [0.2, 0.25) is 0 Å². The molecule has 0 saturated heterocycles. The highest BCUT2D eigenvalue weighted by Gasteiger charge is 2.20. The number of rotatable bonds is 3. The summed E-state index contributed by atoms with van der Waals surface area (Å²) >= 11 is 0. The third-order valence-electron chi connectivity index (χ3n) is 3.48. The van der Waals surface area contributed by atoms with Gasteiger partial charge in [0.05, 0.1) is 12.7 Å². The number of aliphatic hydroxyl groups is 1. The summed E-state index contributed by atoms with van der Waals surface area (Å²) in [5.74, 6) is 1.57. The van der Waals surface area contributed by atoms with Gasteiger partial charge in [0.15, 0.2) is 0 Å². The van der Waals surface area contributed by atoms with Gasteiger partial charge in [0.2, 0.25) is 0 Å². The van der Waals surface area contributed by atoms with Crippen LogP contribution in [0, 0.1) is 12.8 Å². The Morgan fingerprint density at radius 1 is 1.29 bits per heavy atom. The SMILES string of the molecule is Cc1ccc(OC2CCC(C)CC2)c(CO)n1. The highest BCUT2D eigenvalue weighted by molar-refractivity contribution is 5.29. The summed E-state index contributed by atoms with van der Waals surface area (Å²) in [7, 11) is 0. The third kappa shape index (κ3) is 3.19. The van der Waals surface area contributed by atoms with Crippen molar-refractivity contribution in [2.45, 2.75) is 52.2 Å². The van der Waals surface area contributed by atoms with Gasteiger partial charge in [-0.3, -0.25) is 4.98 Å². The number of nitrogens with zero attached hydrogens (tertiary/aromatic N) is 1. The Balaban J connectivity index is 2.03. The molecule has 3 heteroatoms. The van der Waals surface area contributed by atoms with Crippen LogP contribution in [-0.4, -0.2) is 16.2 Å². The van der Waals surface area contributed by atoms with Crippen molar-refractivity contribution in [2.24, 2.45) is 5.92 Å². The molecule has 0 bridgehead atoms. The minimum atomic E-state index is -0.0554. The molecule has 1 aliphatic rings. The number of hydrogen-bond donors (Lipinski definition) is 1. The molecule has 0 aromatic carbocycles. The van der Waals surface area contributed by atoms with Crippen molar-refractivity contribution < 1.29 is 9.84 Å². The molecule has 0 radical (unpaired) electrons. The molecule has 1 aromatic rings. The van der Waals surface area contributed by atoms with Crippen molar-refractivity contribution in [3.05, 3.63) is 23.5 Å². The second-order valence-electron chi connectivity index (χ2n) is 5.06. The first-order valence-electron chi connectivity index (χ1n) is 6.43. The van der Waals surface area contributed by atoms with Crippen molar-refractivity contribution >= 4 is 0 Å². The van der Waals surface area contributed by atoms with Gasteiger partial charge in [-0.1, -0.05) is 6.92 Å². The Morgan fingerprint density at radius 2 is 2.00 bits per heavy atom. The fourth-order valence-electron chi connectivity index (χ4n) is 2.35. The van der Waals surface area contributed by atoms with Crippen molar-refractivity contribution in [1.82, 2.24) is 4.98 Å². The minimum absolute atomic E-state index is 0.0554. The molecule has 1 aromatic heterocycles. The standard InChI is InChI=1S/C14H21NO2/c1-10-3-6-12(7-4-10)17-14-8-5-11(2)15-13(14)9-16/h5,8,10,12,16H,3-4,6-7,9H2,1-2H3. The smallest absolute Gasteiger partial charge is 0.143 e. The van der Waals surface area contributed by atoms with Crippen LogP contribution in [0.15, 0.2) is 12.1 Å². The van der Waals surface area contributed by atoms with Crippen molar-refractivity contribution in [1.29, 1.82) is 0 Å². The second kappa shape index (κ2) is 5.50. The first-order chi connectivity index (χ1) is 8.19. The van der Waals surface area contributed by atoms with Crippen LogP contribution in [0.25, 0.3) is 0 Å². The number of aromatic nitrogens is 1. The lowest BCUT2D eigenvalue weighted by molar-refractivity contribution is 0.130. The lowest BCUT2D eigenvalue weighted by Crippen LogP contribution is -2.23. The van der Waals surface area contributed by atoms with Gasteiger partial charge >= 0.3 is 0 Å². The molecule has 17 heavy (non-hydrogen) atoms. The quantitative estimate of drug-likeness (QED) is 0.876. The Hall–Kier alpha value is -1.09. The van der Waals surface area contributed by atoms with E-state index in [0.29, 0.717) is 11.8 Å². The zero-order valence-electron chi connectivity index (χ0n) is 10.6. The minimum Gasteiger partial charge on any atom is -0.488 e. The van der Waals surface area contributed by atoms with E-state index in [4.69, 9.17) is 4.74 Å². The molecule has 94 valence electrons. The van der Waals surface area contributed by atoms with Gasteiger partial charge in [-0.2, -0.15) is 0 Å². The number of aliphatic hydroxyl groups excluding tert-OH is 1. The van der Waals surface area contributed by atoms with E-state index in [1.54, 1.807) is 0 Å². The number of pyridine rings is 1. The maximum atomic E-state index is 9.27. The maximum absolute atomic E-state index is 9.27. The van der Waals surface area contributed by atoms with Gasteiger partial charge in [0, 0.05) is 5.69 Å². The van der Waals surface area contributed by atoms with Gasteiger partial charge in [-0.25, -0.2) is 0 Å². The highest BCUT2D eigenvalue weighted by Crippen LogP contribution is 2.28. The fourth-order valence-corrected chi connectivity index (χ4v) is 2.35. The molecule has 1 aliphatic carbocycles. The van der Waals surface area contributed by atoms with E-state index < -0.39 is 0 Å². The van der Waals surface area contributed by atoms with Gasteiger partial charge in [-0.15, -0.1) is 0 Å². The molecule has 1 N–H and O–H groups in total. The Kier molecular flexibility index (Phi) is 4.00. The summed E-state index contributed by atoms with van der Waals surface area (Å²) in [6.45, 7) is 4.16. The van der Waals surface area contributed by atoms with Crippen LogP contribution in [0.1, 0.15) is 44.0 Å². The molecule has 0 atom stereocenters. The zero-order valence-corrected chi connectivity index (χ0v) is 10.6. The lowest BCUT2D eigenvalue weighted by Gasteiger charge is -2.27. The number of ether oxygens (including phenoxy) is 1. The van der Waals surface area contributed by atoms with Crippen LogP contribution < -0.4 is 4.74 Å². The summed E-state index contributed by atoms with van der Waals surface area (Å²) in [6, 6.07) is 3.85. The average Bonchev–Trinajstić information content (AvgIpc) is 2.34. The third-order valence-corrected chi connectivity index (χ3v) is 3.48. The largest absolute Gasteiger partial charge is 0.488 e. The average molecular weight is 235 g/mol. The maximum Gasteiger partial charge on any atom is 0.143 e. The van der Waals surface area contributed by atoms with E-state index in [-0.39, 0.29) is 6.61 Å². The molecule has 3 nitrogen and oxygen atoms in total. The van der Waals surface area contributed by atoms with Crippen LogP contribution in [0.5, 0.6) is 5.75 Å². The van der Waals surface area contributed by atoms with E-state index in [9.17, 15) is 5.11 Å². The molecular formula is C14H21NO2. The predicted molar refractivity (Wildman–Crippen MR) is 66.9 cm³/mol. The van der Waals surface area contributed by atoms with Crippen LogP contribution in [-0.2, 0) is 6.61 Å². The lowest BCUT2D eigenvalue weighted by atomic mass is 9.89. The first kappa shape index (κ1) is 12.4. The summed E-state index contributed by atoms with van der Waals surface area (Å²) in [4.78, 5) is 4.30. The van der Waals surface area contributed by atoms with Gasteiger partial charge in [0.1, 0.15) is 11.4 Å². The van der Waals surface area contributed by atoms with Crippen LogP contribution in [0.4, 0.5) is 0 Å². The van der Waals surface area contributed by atoms with E-state index in [0.717, 1.165) is 30.2 Å². The van der Waals surface area contributed by atoms with E-state index >= 15 is 0 Å².